The van der Waals surface area contributed by atoms with Crippen LogP contribution in [-0.4, -0.2) is 33.5 Å². The van der Waals surface area contributed by atoms with Crippen LogP contribution < -0.4 is 21.9 Å². The summed E-state index contributed by atoms with van der Waals surface area (Å²) in [5, 5.41) is 6.02. The zero-order chi connectivity index (χ0) is 24.8. The van der Waals surface area contributed by atoms with Gasteiger partial charge in [-0.2, -0.15) is 0 Å². The molecule has 2 aromatic carbocycles. The second kappa shape index (κ2) is 11.0. The van der Waals surface area contributed by atoms with Crippen molar-refractivity contribution in [2.75, 3.05) is 6.54 Å². The number of aromatic nitrogens is 2. The number of carbonyl (C=O) groups excluding carboxylic acids is 2. The number of carbonyl (C=O) groups is 2. The zero-order valence-corrected chi connectivity index (χ0v) is 20.1. The number of nitrogens with zero attached hydrogens (tertiary/aromatic N) is 2. The summed E-state index contributed by atoms with van der Waals surface area (Å²) >= 11 is 0. The third-order valence-electron chi connectivity index (χ3n) is 5.40. The van der Waals surface area contributed by atoms with Crippen molar-refractivity contribution in [1.29, 1.82) is 0 Å². The Balaban J connectivity index is 1.93. The largest absolute Gasteiger partial charge is 0.356 e. The Hall–Kier alpha value is -3.68. The summed E-state index contributed by atoms with van der Waals surface area (Å²) in [6.07, 6.45) is 1.13. The standard InChI is InChI=1S/C26H32N4O4/c1-17(2)13-14-27-23(31)15-19-9-11-20(12-10-19)30-25(33)21-7-5-6-8-22(21)29(26(30)34)16-24(32)28-18(3)4/h5-12,17-18H,13-16H2,1-4H3,(H,27,31)(H,28,32). The molecule has 0 saturated carbocycles. The fourth-order valence-electron chi connectivity index (χ4n) is 3.72. The van der Waals surface area contributed by atoms with Crippen molar-refractivity contribution in [2.45, 2.75) is 53.1 Å². The molecule has 8 heteroatoms. The van der Waals surface area contributed by atoms with E-state index in [1.165, 1.54) is 4.57 Å². The summed E-state index contributed by atoms with van der Waals surface area (Å²) in [5.74, 6) is 0.126. The minimum Gasteiger partial charge on any atom is -0.356 e. The third kappa shape index (κ3) is 6.01. The number of nitrogens with one attached hydrogen (secondary N) is 2. The Bertz CT molecular complexity index is 1290. The first-order valence-corrected chi connectivity index (χ1v) is 11.6. The van der Waals surface area contributed by atoms with Crippen molar-refractivity contribution in [1.82, 2.24) is 19.8 Å². The van der Waals surface area contributed by atoms with E-state index in [-0.39, 0.29) is 30.8 Å². The molecular formula is C26H32N4O4. The van der Waals surface area contributed by atoms with Gasteiger partial charge in [0.05, 0.1) is 23.0 Å². The monoisotopic (exact) mass is 464 g/mol. The predicted octanol–water partition coefficient (Wildman–Crippen LogP) is 2.38. The number of rotatable bonds is 9. The maximum Gasteiger partial charge on any atom is 0.336 e. The van der Waals surface area contributed by atoms with E-state index in [4.69, 9.17) is 0 Å². The molecule has 0 aliphatic rings. The molecule has 3 aromatic rings. The van der Waals surface area contributed by atoms with Crippen LogP contribution in [0.4, 0.5) is 0 Å². The molecule has 0 spiro atoms. The number of hydrogen-bond donors (Lipinski definition) is 2. The number of para-hydroxylation sites is 1. The SMILES string of the molecule is CC(C)CCNC(=O)Cc1ccc(-n2c(=O)c3ccccc3n(CC(=O)NC(C)C)c2=O)cc1. The van der Waals surface area contributed by atoms with Crippen LogP contribution in [0.5, 0.6) is 0 Å². The van der Waals surface area contributed by atoms with Gasteiger partial charge in [0.1, 0.15) is 6.54 Å². The van der Waals surface area contributed by atoms with E-state index in [9.17, 15) is 19.2 Å². The number of benzene rings is 2. The Morgan fingerprint density at radius 3 is 2.24 bits per heavy atom. The fraction of sp³-hybridized carbons (Fsp3) is 0.385. The smallest absolute Gasteiger partial charge is 0.336 e. The molecule has 0 aliphatic carbocycles. The average molecular weight is 465 g/mol. The van der Waals surface area contributed by atoms with Gasteiger partial charge in [-0.15, -0.1) is 0 Å². The quantitative estimate of drug-likeness (QED) is 0.508. The molecule has 1 aromatic heterocycles. The molecule has 0 bridgehead atoms. The fourth-order valence-corrected chi connectivity index (χ4v) is 3.72. The van der Waals surface area contributed by atoms with Gasteiger partial charge in [0, 0.05) is 12.6 Å². The maximum atomic E-state index is 13.3. The molecule has 0 saturated heterocycles. The average Bonchev–Trinajstić information content (AvgIpc) is 2.77. The van der Waals surface area contributed by atoms with Crippen LogP contribution in [-0.2, 0) is 22.6 Å². The van der Waals surface area contributed by atoms with Gasteiger partial charge in [0.15, 0.2) is 0 Å². The molecular weight excluding hydrogens is 432 g/mol. The lowest BCUT2D eigenvalue weighted by atomic mass is 10.1. The highest BCUT2D eigenvalue weighted by molar-refractivity contribution is 5.82. The Morgan fingerprint density at radius 1 is 0.912 bits per heavy atom. The molecule has 8 nitrogen and oxygen atoms in total. The van der Waals surface area contributed by atoms with Crippen molar-refractivity contribution in [3.05, 3.63) is 74.9 Å². The Kier molecular flexibility index (Phi) is 8.04. The van der Waals surface area contributed by atoms with Crippen LogP contribution in [0.15, 0.2) is 58.1 Å². The van der Waals surface area contributed by atoms with Gasteiger partial charge in [-0.3, -0.25) is 19.0 Å². The van der Waals surface area contributed by atoms with Crippen LogP contribution in [0.3, 0.4) is 0 Å². The number of fused-ring (bicyclic) bond motifs is 1. The van der Waals surface area contributed by atoms with Gasteiger partial charge < -0.3 is 10.6 Å². The molecule has 2 N–H and O–H groups in total. The lowest BCUT2D eigenvalue weighted by Gasteiger charge is -2.15. The molecule has 3 rings (SSSR count). The molecule has 34 heavy (non-hydrogen) atoms. The van der Waals surface area contributed by atoms with E-state index < -0.39 is 11.2 Å². The van der Waals surface area contributed by atoms with Gasteiger partial charge in [-0.05, 0) is 56.0 Å². The van der Waals surface area contributed by atoms with Crippen LogP contribution in [0.2, 0.25) is 0 Å². The molecule has 180 valence electrons. The van der Waals surface area contributed by atoms with E-state index in [2.05, 4.69) is 24.5 Å². The summed E-state index contributed by atoms with van der Waals surface area (Å²) in [4.78, 5) is 51.1. The highest BCUT2D eigenvalue weighted by Gasteiger charge is 2.17. The summed E-state index contributed by atoms with van der Waals surface area (Å²) in [5.41, 5.74) is 0.503. The van der Waals surface area contributed by atoms with Crippen LogP contribution >= 0.6 is 0 Å². The lowest BCUT2D eigenvalue weighted by molar-refractivity contribution is -0.122. The van der Waals surface area contributed by atoms with Gasteiger partial charge in [-0.1, -0.05) is 38.1 Å². The predicted molar refractivity (Wildman–Crippen MR) is 133 cm³/mol. The summed E-state index contributed by atoms with van der Waals surface area (Å²) < 4.78 is 2.38. The topological polar surface area (TPSA) is 102 Å². The summed E-state index contributed by atoms with van der Waals surface area (Å²) in [7, 11) is 0. The third-order valence-corrected chi connectivity index (χ3v) is 5.40. The van der Waals surface area contributed by atoms with Gasteiger partial charge in [0.25, 0.3) is 5.56 Å². The molecule has 2 amide bonds. The Labute approximate surface area is 198 Å². The molecule has 0 atom stereocenters. The van der Waals surface area contributed by atoms with E-state index in [0.717, 1.165) is 16.6 Å². The van der Waals surface area contributed by atoms with Crippen molar-refractivity contribution in [2.24, 2.45) is 5.92 Å². The van der Waals surface area contributed by atoms with E-state index >= 15 is 0 Å². The molecule has 0 aliphatic heterocycles. The second-order valence-electron chi connectivity index (χ2n) is 9.12. The van der Waals surface area contributed by atoms with Crippen LogP contribution in [0, 0.1) is 5.92 Å². The molecule has 1 heterocycles. The van der Waals surface area contributed by atoms with Gasteiger partial charge >= 0.3 is 5.69 Å². The van der Waals surface area contributed by atoms with Crippen LogP contribution in [0.25, 0.3) is 16.6 Å². The highest BCUT2D eigenvalue weighted by atomic mass is 16.2. The molecule has 0 fully saturated rings. The maximum absolute atomic E-state index is 13.3. The zero-order valence-electron chi connectivity index (χ0n) is 20.1. The van der Waals surface area contributed by atoms with Crippen molar-refractivity contribution in [3.63, 3.8) is 0 Å². The molecule has 0 unspecified atom stereocenters. The lowest BCUT2D eigenvalue weighted by Crippen LogP contribution is -2.42. The van der Waals surface area contributed by atoms with E-state index in [0.29, 0.717) is 29.1 Å². The van der Waals surface area contributed by atoms with Crippen molar-refractivity contribution >= 4 is 22.7 Å². The van der Waals surface area contributed by atoms with Crippen LogP contribution in [0.1, 0.15) is 39.7 Å². The summed E-state index contributed by atoms with van der Waals surface area (Å²) in [6.45, 7) is 8.31. The first-order valence-electron chi connectivity index (χ1n) is 11.6. The van der Waals surface area contributed by atoms with Gasteiger partial charge in [-0.25, -0.2) is 9.36 Å². The van der Waals surface area contributed by atoms with E-state index in [1.807, 2.05) is 13.8 Å². The van der Waals surface area contributed by atoms with Gasteiger partial charge in [0.2, 0.25) is 11.8 Å². The normalized spacial score (nSPS) is 11.2. The van der Waals surface area contributed by atoms with Crippen molar-refractivity contribution in [3.8, 4) is 5.69 Å². The summed E-state index contributed by atoms with van der Waals surface area (Å²) in [6, 6.07) is 13.4. The molecule has 0 radical (unpaired) electrons. The first kappa shape index (κ1) is 25.0. The number of amides is 2. The minimum absolute atomic E-state index is 0.0736. The first-order chi connectivity index (χ1) is 16.2. The highest BCUT2D eigenvalue weighted by Crippen LogP contribution is 2.12. The van der Waals surface area contributed by atoms with Crippen molar-refractivity contribution < 1.29 is 9.59 Å². The Morgan fingerprint density at radius 2 is 1.59 bits per heavy atom. The second-order valence-corrected chi connectivity index (χ2v) is 9.12. The van der Waals surface area contributed by atoms with E-state index in [1.54, 1.807) is 48.5 Å². The minimum atomic E-state index is -0.596. The number of hydrogen-bond acceptors (Lipinski definition) is 4.